The van der Waals surface area contributed by atoms with E-state index in [4.69, 9.17) is 14.7 Å². The molecule has 154 valence electrons. The molecule has 0 spiro atoms. The molecule has 0 aliphatic heterocycles. The Bertz CT molecular complexity index is 1070. The number of nitrogens with one attached hydrogen (secondary N) is 1. The molecular formula is C24H25N3O2S. The van der Waals surface area contributed by atoms with E-state index >= 15 is 0 Å². The van der Waals surface area contributed by atoms with Crippen LogP contribution in [0.25, 0.3) is 11.4 Å². The summed E-state index contributed by atoms with van der Waals surface area (Å²) < 4.78 is 5.32. The molecule has 1 aliphatic carbocycles. The topological polar surface area (TPSA) is 64.1 Å². The summed E-state index contributed by atoms with van der Waals surface area (Å²) in [7, 11) is 1.60. The summed E-state index contributed by atoms with van der Waals surface area (Å²) in [5, 5.41) is 3.86. The highest BCUT2D eigenvalue weighted by molar-refractivity contribution is 8.00. The molecule has 2 aromatic carbocycles. The number of carbonyl (C=O) groups is 1. The lowest BCUT2D eigenvalue weighted by Gasteiger charge is -2.19. The first kappa shape index (κ1) is 20.4. The molecule has 0 saturated heterocycles. The number of para-hydroxylation sites is 2. The van der Waals surface area contributed by atoms with Gasteiger partial charge in [0.2, 0.25) is 5.91 Å². The minimum atomic E-state index is -0.0789. The molecular weight excluding hydrogens is 394 g/mol. The van der Waals surface area contributed by atoms with Gasteiger partial charge in [-0.1, -0.05) is 47.7 Å². The molecule has 0 atom stereocenters. The lowest BCUT2D eigenvalue weighted by Crippen LogP contribution is -2.16. The number of anilines is 1. The van der Waals surface area contributed by atoms with Crippen LogP contribution >= 0.6 is 11.8 Å². The molecule has 1 aliphatic rings. The van der Waals surface area contributed by atoms with E-state index in [0.717, 1.165) is 47.8 Å². The highest BCUT2D eigenvalue weighted by atomic mass is 32.2. The van der Waals surface area contributed by atoms with Crippen LogP contribution in [0.5, 0.6) is 5.75 Å². The van der Waals surface area contributed by atoms with Crippen molar-refractivity contribution < 1.29 is 9.53 Å². The van der Waals surface area contributed by atoms with E-state index < -0.39 is 0 Å². The summed E-state index contributed by atoms with van der Waals surface area (Å²) in [6.45, 7) is 2.07. The van der Waals surface area contributed by atoms with Gasteiger partial charge in [-0.15, -0.1) is 0 Å². The second-order valence-electron chi connectivity index (χ2n) is 7.39. The number of benzene rings is 2. The van der Waals surface area contributed by atoms with Crippen molar-refractivity contribution >= 4 is 23.4 Å². The monoisotopic (exact) mass is 419 g/mol. The Kier molecular flexibility index (Phi) is 6.33. The van der Waals surface area contributed by atoms with Crippen molar-refractivity contribution in [3.63, 3.8) is 0 Å². The third-order valence-corrected chi connectivity index (χ3v) is 6.16. The summed E-state index contributed by atoms with van der Waals surface area (Å²) in [6.07, 6.45) is 4.23. The summed E-state index contributed by atoms with van der Waals surface area (Å²) in [4.78, 5) is 22.3. The number of thioether (sulfide) groups is 1. The van der Waals surface area contributed by atoms with Crippen LogP contribution < -0.4 is 10.1 Å². The molecule has 0 fully saturated rings. The van der Waals surface area contributed by atoms with E-state index in [2.05, 4.69) is 24.4 Å². The van der Waals surface area contributed by atoms with Gasteiger partial charge in [0, 0.05) is 16.8 Å². The molecule has 1 amide bonds. The number of methoxy groups -OCH3 is 1. The Morgan fingerprint density at radius 3 is 2.77 bits per heavy atom. The molecule has 1 heterocycles. The molecule has 0 radical (unpaired) electrons. The second-order valence-corrected chi connectivity index (χ2v) is 8.36. The number of rotatable bonds is 6. The third kappa shape index (κ3) is 4.65. The highest BCUT2D eigenvalue weighted by Gasteiger charge is 2.20. The first-order valence-electron chi connectivity index (χ1n) is 10.2. The van der Waals surface area contributed by atoms with Gasteiger partial charge in [0.25, 0.3) is 0 Å². The molecule has 3 aromatic rings. The molecule has 0 unspecified atom stereocenters. The number of amides is 1. The van der Waals surface area contributed by atoms with E-state index in [9.17, 15) is 4.79 Å². The molecule has 6 heteroatoms. The van der Waals surface area contributed by atoms with Gasteiger partial charge >= 0.3 is 0 Å². The Morgan fingerprint density at radius 1 is 1.10 bits per heavy atom. The number of ether oxygens (including phenoxy) is 1. The van der Waals surface area contributed by atoms with E-state index in [1.165, 1.54) is 22.9 Å². The van der Waals surface area contributed by atoms with Crippen molar-refractivity contribution in [1.82, 2.24) is 9.97 Å². The number of fused-ring (bicyclic) bond motifs is 1. The van der Waals surface area contributed by atoms with Crippen molar-refractivity contribution in [3.05, 3.63) is 65.4 Å². The Morgan fingerprint density at radius 2 is 1.93 bits per heavy atom. The van der Waals surface area contributed by atoms with Crippen LogP contribution in [0.1, 0.15) is 29.7 Å². The van der Waals surface area contributed by atoms with Crippen LogP contribution in [0.15, 0.2) is 53.6 Å². The lowest BCUT2D eigenvalue weighted by atomic mass is 9.97. The van der Waals surface area contributed by atoms with E-state index in [1.54, 1.807) is 7.11 Å². The van der Waals surface area contributed by atoms with Crippen molar-refractivity contribution in [3.8, 4) is 17.1 Å². The summed E-state index contributed by atoms with van der Waals surface area (Å²) >= 11 is 1.48. The maximum absolute atomic E-state index is 12.6. The molecule has 4 rings (SSSR count). The van der Waals surface area contributed by atoms with Crippen molar-refractivity contribution in [1.29, 1.82) is 0 Å². The first-order chi connectivity index (χ1) is 14.6. The van der Waals surface area contributed by atoms with E-state index in [0.29, 0.717) is 11.4 Å². The van der Waals surface area contributed by atoms with Crippen LogP contribution in [-0.4, -0.2) is 28.7 Å². The maximum atomic E-state index is 12.6. The lowest BCUT2D eigenvalue weighted by molar-refractivity contribution is -0.113. The van der Waals surface area contributed by atoms with Crippen LogP contribution in [-0.2, 0) is 17.6 Å². The number of aryl methyl sites for hydroxylation is 2. The number of hydrogen-bond acceptors (Lipinski definition) is 5. The van der Waals surface area contributed by atoms with Crippen LogP contribution in [0, 0.1) is 6.92 Å². The number of carbonyl (C=O) groups excluding carboxylic acids is 1. The first-order valence-corrected chi connectivity index (χ1v) is 11.1. The summed E-state index contributed by atoms with van der Waals surface area (Å²) in [5.41, 5.74) is 5.20. The fraction of sp³-hybridized carbons (Fsp3) is 0.292. The van der Waals surface area contributed by atoms with Crippen molar-refractivity contribution in [2.24, 2.45) is 0 Å². The molecule has 1 N–H and O–H groups in total. The average Bonchev–Trinajstić information content (AvgIpc) is 2.77. The SMILES string of the molecule is COc1ccccc1NC(=O)CSc1nc(-c2cccc(C)c2)nc2c1CCCC2. The van der Waals surface area contributed by atoms with Gasteiger partial charge in [-0.3, -0.25) is 4.79 Å². The molecule has 30 heavy (non-hydrogen) atoms. The minimum Gasteiger partial charge on any atom is -0.495 e. The van der Waals surface area contributed by atoms with Gasteiger partial charge in [0.15, 0.2) is 5.82 Å². The standard InChI is InChI=1S/C24H25N3O2S/c1-16-8-7-9-17(14-16)23-26-19-11-4-3-10-18(19)24(27-23)30-15-22(28)25-20-12-5-6-13-21(20)29-2/h5-9,12-14H,3-4,10-11,15H2,1-2H3,(H,25,28). The number of aromatic nitrogens is 2. The minimum absolute atomic E-state index is 0.0789. The Balaban J connectivity index is 1.55. The Hall–Kier alpha value is -2.86. The van der Waals surface area contributed by atoms with Gasteiger partial charge in [-0.25, -0.2) is 9.97 Å². The maximum Gasteiger partial charge on any atom is 0.234 e. The van der Waals surface area contributed by atoms with Crippen LogP contribution in [0.4, 0.5) is 5.69 Å². The van der Waals surface area contributed by atoms with Gasteiger partial charge in [0.1, 0.15) is 10.8 Å². The predicted octanol–water partition coefficient (Wildman–Crippen LogP) is 5.07. The predicted molar refractivity (Wildman–Crippen MR) is 121 cm³/mol. The zero-order valence-electron chi connectivity index (χ0n) is 17.3. The van der Waals surface area contributed by atoms with E-state index in [-0.39, 0.29) is 11.7 Å². The molecule has 1 aromatic heterocycles. The highest BCUT2D eigenvalue weighted by Crippen LogP contribution is 2.32. The van der Waals surface area contributed by atoms with Gasteiger partial charge < -0.3 is 10.1 Å². The summed E-state index contributed by atoms with van der Waals surface area (Å²) in [5.74, 6) is 1.60. The van der Waals surface area contributed by atoms with Gasteiger partial charge in [0.05, 0.1) is 18.6 Å². The molecule has 0 bridgehead atoms. The van der Waals surface area contributed by atoms with E-state index in [1.807, 2.05) is 36.4 Å². The molecule has 0 saturated carbocycles. The third-order valence-electron chi connectivity index (χ3n) is 5.14. The zero-order chi connectivity index (χ0) is 20.9. The average molecular weight is 420 g/mol. The van der Waals surface area contributed by atoms with Crippen LogP contribution in [0.3, 0.4) is 0 Å². The zero-order valence-corrected chi connectivity index (χ0v) is 18.1. The van der Waals surface area contributed by atoms with Gasteiger partial charge in [-0.05, 0) is 50.8 Å². The quantitative estimate of drug-likeness (QED) is 0.446. The normalized spacial score (nSPS) is 12.9. The number of nitrogens with zero attached hydrogens (tertiary/aromatic N) is 2. The Labute approximate surface area is 181 Å². The van der Waals surface area contributed by atoms with Crippen molar-refractivity contribution in [2.45, 2.75) is 37.6 Å². The van der Waals surface area contributed by atoms with Crippen molar-refractivity contribution in [2.75, 3.05) is 18.2 Å². The van der Waals surface area contributed by atoms with Crippen LogP contribution in [0.2, 0.25) is 0 Å². The fourth-order valence-corrected chi connectivity index (χ4v) is 4.55. The number of hydrogen-bond donors (Lipinski definition) is 1. The second kappa shape index (κ2) is 9.30. The summed E-state index contributed by atoms with van der Waals surface area (Å²) in [6, 6.07) is 15.7. The largest absolute Gasteiger partial charge is 0.495 e. The molecule has 5 nitrogen and oxygen atoms in total. The smallest absolute Gasteiger partial charge is 0.234 e. The van der Waals surface area contributed by atoms with Gasteiger partial charge in [-0.2, -0.15) is 0 Å². The fourth-order valence-electron chi connectivity index (χ4n) is 3.66.